The van der Waals surface area contributed by atoms with E-state index < -0.39 is 0 Å². The second-order valence-corrected chi connectivity index (χ2v) is 7.25. The van der Waals surface area contributed by atoms with Crippen LogP contribution in [0.1, 0.15) is 30.7 Å². The zero-order valence-electron chi connectivity index (χ0n) is 15.2. The summed E-state index contributed by atoms with van der Waals surface area (Å²) in [4.78, 5) is 18.8. The van der Waals surface area contributed by atoms with E-state index in [1.165, 1.54) is 11.1 Å². The number of aryl methyl sites for hydroxylation is 1. The van der Waals surface area contributed by atoms with Crippen molar-refractivity contribution in [2.75, 3.05) is 18.4 Å². The third kappa shape index (κ3) is 4.37. The van der Waals surface area contributed by atoms with Gasteiger partial charge in [0.05, 0.1) is 0 Å². The lowest BCUT2D eigenvalue weighted by atomic mass is 9.94. The van der Waals surface area contributed by atoms with Crippen molar-refractivity contribution in [1.82, 2.24) is 15.2 Å². The topological polar surface area (TPSA) is 57.3 Å². The first-order valence-corrected chi connectivity index (χ1v) is 8.73. The van der Waals surface area contributed by atoms with Gasteiger partial charge in [0.25, 0.3) is 0 Å². The Bertz CT molecular complexity index is 757. The smallest absolute Gasteiger partial charge is 0.319 e. The molecular formula is C20H26N4O. The molecule has 0 radical (unpaired) electrons. The summed E-state index contributed by atoms with van der Waals surface area (Å²) in [5, 5.41) is 5.87. The molecule has 0 aliphatic carbocycles. The molecule has 0 atom stereocenters. The number of amides is 2. The average Bonchev–Trinajstić information content (AvgIpc) is 2.60. The Hall–Kier alpha value is -2.40. The van der Waals surface area contributed by atoms with Crippen molar-refractivity contribution in [2.45, 2.75) is 39.3 Å². The minimum absolute atomic E-state index is 0.112. The van der Waals surface area contributed by atoms with Gasteiger partial charge in [-0.15, -0.1) is 0 Å². The number of benzene rings is 1. The predicted octanol–water partition coefficient (Wildman–Crippen LogP) is 3.35. The van der Waals surface area contributed by atoms with E-state index in [9.17, 15) is 4.79 Å². The molecule has 5 nitrogen and oxygen atoms in total. The van der Waals surface area contributed by atoms with Crippen LogP contribution in [0.5, 0.6) is 0 Å². The number of carbonyl (C=O) groups excluding carboxylic acids is 1. The third-order valence-corrected chi connectivity index (χ3v) is 4.82. The van der Waals surface area contributed by atoms with Gasteiger partial charge in [-0.1, -0.05) is 24.3 Å². The molecule has 132 valence electrons. The molecule has 1 aromatic heterocycles. The number of anilines is 1. The molecule has 1 aliphatic rings. The Kier molecular flexibility index (Phi) is 5.04. The van der Waals surface area contributed by atoms with E-state index in [0.717, 1.165) is 30.9 Å². The Morgan fingerprint density at radius 1 is 1.24 bits per heavy atom. The van der Waals surface area contributed by atoms with Gasteiger partial charge in [-0.3, -0.25) is 9.88 Å². The van der Waals surface area contributed by atoms with Gasteiger partial charge in [0.2, 0.25) is 0 Å². The molecule has 1 aliphatic heterocycles. The van der Waals surface area contributed by atoms with Crippen molar-refractivity contribution in [1.29, 1.82) is 0 Å². The van der Waals surface area contributed by atoms with Crippen LogP contribution >= 0.6 is 0 Å². The number of carbonyl (C=O) groups is 1. The van der Waals surface area contributed by atoms with Crippen LogP contribution in [0.4, 0.5) is 10.5 Å². The van der Waals surface area contributed by atoms with Gasteiger partial charge in [-0.25, -0.2) is 4.79 Å². The molecule has 0 spiro atoms. The SMILES string of the molecule is Cc1cc(NC(=O)NCC(C)(C)N2CCc3ccccc3C2)ccn1. The summed E-state index contributed by atoms with van der Waals surface area (Å²) < 4.78 is 0. The van der Waals surface area contributed by atoms with Crippen LogP contribution < -0.4 is 10.6 Å². The van der Waals surface area contributed by atoms with Crippen molar-refractivity contribution in [3.05, 3.63) is 59.4 Å². The molecule has 0 saturated carbocycles. The lowest BCUT2D eigenvalue weighted by molar-refractivity contribution is 0.105. The number of fused-ring (bicyclic) bond motifs is 1. The monoisotopic (exact) mass is 338 g/mol. The van der Waals surface area contributed by atoms with Crippen LogP contribution in [-0.2, 0) is 13.0 Å². The van der Waals surface area contributed by atoms with Crippen LogP contribution in [0.25, 0.3) is 0 Å². The maximum atomic E-state index is 12.2. The first kappa shape index (κ1) is 17.4. The fourth-order valence-corrected chi connectivity index (χ4v) is 3.22. The zero-order valence-corrected chi connectivity index (χ0v) is 15.2. The van der Waals surface area contributed by atoms with Gasteiger partial charge >= 0.3 is 6.03 Å². The first-order valence-electron chi connectivity index (χ1n) is 8.73. The minimum Gasteiger partial charge on any atom is -0.336 e. The first-order chi connectivity index (χ1) is 11.9. The van der Waals surface area contributed by atoms with E-state index in [1.807, 2.05) is 13.0 Å². The molecule has 2 amide bonds. The molecule has 2 aromatic rings. The quantitative estimate of drug-likeness (QED) is 0.899. The lowest BCUT2D eigenvalue weighted by Crippen LogP contribution is -2.53. The largest absolute Gasteiger partial charge is 0.336 e. The number of pyridine rings is 1. The highest BCUT2D eigenvalue weighted by atomic mass is 16.2. The van der Waals surface area contributed by atoms with Crippen LogP contribution in [0.15, 0.2) is 42.6 Å². The summed E-state index contributed by atoms with van der Waals surface area (Å²) in [5.41, 5.74) is 4.35. The van der Waals surface area contributed by atoms with E-state index in [1.54, 1.807) is 12.3 Å². The molecule has 1 aromatic carbocycles. The minimum atomic E-state index is -0.184. The molecule has 2 heterocycles. The zero-order chi connectivity index (χ0) is 17.9. The summed E-state index contributed by atoms with van der Waals surface area (Å²) in [7, 11) is 0. The van der Waals surface area contributed by atoms with Gasteiger partial charge in [-0.05, 0) is 50.5 Å². The molecule has 5 heteroatoms. The van der Waals surface area contributed by atoms with Crippen LogP contribution in [0.2, 0.25) is 0 Å². The van der Waals surface area contributed by atoms with Crippen LogP contribution in [0.3, 0.4) is 0 Å². The molecular weight excluding hydrogens is 312 g/mol. The predicted molar refractivity (Wildman–Crippen MR) is 101 cm³/mol. The lowest BCUT2D eigenvalue weighted by Gasteiger charge is -2.41. The highest BCUT2D eigenvalue weighted by molar-refractivity contribution is 5.89. The number of nitrogens with one attached hydrogen (secondary N) is 2. The molecule has 0 saturated heterocycles. The second-order valence-electron chi connectivity index (χ2n) is 7.25. The normalized spacial score (nSPS) is 14.7. The van der Waals surface area contributed by atoms with Crippen molar-refractivity contribution >= 4 is 11.7 Å². The summed E-state index contributed by atoms with van der Waals surface area (Å²) in [6, 6.07) is 12.1. The second kappa shape index (κ2) is 7.23. The summed E-state index contributed by atoms with van der Waals surface area (Å²) in [6.07, 6.45) is 2.75. The van der Waals surface area contributed by atoms with E-state index in [0.29, 0.717) is 6.54 Å². The van der Waals surface area contributed by atoms with Gasteiger partial charge in [-0.2, -0.15) is 0 Å². The van der Waals surface area contributed by atoms with Gasteiger partial charge in [0, 0.05) is 42.8 Å². The van der Waals surface area contributed by atoms with Gasteiger partial charge < -0.3 is 10.6 Å². The maximum Gasteiger partial charge on any atom is 0.319 e. The molecule has 3 rings (SSSR count). The van der Waals surface area contributed by atoms with E-state index in [-0.39, 0.29) is 11.6 Å². The summed E-state index contributed by atoms with van der Waals surface area (Å²) in [6.45, 7) is 8.79. The van der Waals surface area contributed by atoms with Gasteiger partial charge in [0.15, 0.2) is 0 Å². The molecule has 2 N–H and O–H groups in total. The standard InChI is InChI=1S/C20H26N4O/c1-15-12-18(8-10-21-15)23-19(25)22-14-20(2,3)24-11-9-16-6-4-5-7-17(16)13-24/h4-8,10,12H,9,11,13-14H2,1-3H3,(H2,21,22,23,25). The highest BCUT2D eigenvalue weighted by Crippen LogP contribution is 2.24. The molecule has 25 heavy (non-hydrogen) atoms. The van der Waals surface area contributed by atoms with Crippen LogP contribution in [-0.4, -0.2) is 34.5 Å². The molecule has 0 fully saturated rings. The Morgan fingerprint density at radius 3 is 2.76 bits per heavy atom. The van der Waals surface area contributed by atoms with Crippen molar-refractivity contribution in [2.24, 2.45) is 0 Å². The van der Waals surface area contributed by atoms with Crippen molar-refractivity contribution < 1.29 is 4.79 Å². The fraction of sp³-hybridized carbons (Fsp3) is 0.400. The van der Waals surface area contributed by atoms with E-state index in [2.05, 4.69) is 58.6 Å². The number of hydrogen-bond acceptors (Lipinski definition) is 3. The van der Waals surface area contributed by atoms with E-state index in [4.69, 9.17) is 0 Å². The Labute approximate surface area is 149 Å². The number of aromatic nitrogens is 1. The van der Waals surface area contributed by atoms with E-state index >= 15 is 0 Å². The highest BCUT2D eigenvalue weighted by Gasteiger charge is 2.30. The number of nitrogens with zero attached hydrogens (tertiary/aromatic N) is 2. The summed E-state index contributed by atoms with van der Waals surface area (Å²) >= 11 is 0. The fourth-order valence-electron chi connectivity index (χ4n) is 3.22. The molecule has 0 bridgehead atoms. The average molecular weight is 338 g/mol. The number of rotatable bonds is 4. The third-order valence-electron chi connectivity index (χ3n) is 4.82. The Morgan fingerprint density at radius 2 is 2.00 bits per heavy atom. The van der Waals surface area contributed by atoms with Crippen LogP contribution in [0, 0.1) is 6.92 Å². The molecule has 0 unspecified atom stereocenters. The number of urea groups is 1. The Balaban J connectivity index is 1.56. The van der Waals surface area contributed by atoms with Crippen molar-refractivity contribution in [3.8, 4) is 0 Å². The van der Waals surface area contributed by atoms with Gasteiger partial charge in [0.1, 0.15) is 0 Å². The number of hydrogen-bond donors (Lipinski definition) is 2. The maximum absolute atomic E-state index is 12.2. The van der Waals surface area contributed by atoms with Crippen molar-refractivity contribution in [3.63, 3.8) is 0 Å². The summed E-state index contributed by atoms with van der Waals surface area (Å²) in [5.74, 6) is 0.